The van der Waals surface area contributed by atoms with Crippen LogP contribution in [-0.2, 0) is 14.3 Å². The van der Waals surface area contributed by atoms with Crippen molar-refractivity contribution in [1.29, 1.82) is 0 Å². The maximum atomic E-state index is 11.0. The molecule has 0 heterocycles. The predicted octanol–water partition coefficient (Wildman–Crippen LogP) is 0.266. The van der Waals surface area contributed by atoms with Crippen molar-refractivity contribution in [3.8, 4) is 0 Å². The molecule has 0 saturated carbocycles. The smallest absolute Gasteiger partial charge is 0.305 e. The second kappa shape index (κ2) is 9.11. The van der Waals surface area contributed by atoms with Crippen molar-refractivity contribution in [3.05, 3.63) is 0 Å². The van der Waals surface area contributed by atoms with Crippen molar-refractivity contribution in [2.45, 2.75) is 44.8 Å². The zero-order valence-corrected chi connectivity index (χ0v) is 9.09. The Morgan fingerprint density at radius 3 is 2.25 bits per heavy atom. The molecule has 0 amide bonds. The van der Waals surface area contributed by atoms with Crippen molar-refractivity contribution in [1.82, 2.24) is 0 Å². The van der Waals surface area contributed by atoms with Gasteiger partial charge >= 0.3 is 11.9 Å². The topological polar surface area (TPSA) is 104 Å². The second-order valence-electron chi connectivity index (χ2n) is 3.44. The molecule has 0 aliphatic rings. The van der Waals surface area contributed by atoms with Gasteiger partial charge in [0, 0.05) is 19.3 Å². The fourth-order valence-corrected chi connectivity index (χ4v) is 1.07. The van der Waals surface area contributed by atoms with E-state index < -0.39 is 12.3 Å². The molecule has 0 atom stereocenters. The quantitative estimate of drug-likeness (QED) is 0.300. The van der Waals surface area contributed by atoms with Crippen LogP contribution in [-0.4, -0.2) is 40.2 Å². The van der Waals surface area contributed by atoms with E-state index in [9.17, 15) is 9.59 Å². The third kappa shape index (κ3) is 10.9. The van der Waals surface area contributed by atoms with Crippen LogP contribution >= 0.6 is 0 Å². The number of hydrogen-bond acceptors (Lipinski definition) is 5. The van der Waals surface area contributed by atoms with Gasteiger partial charge in [-0.05, 0) is 19.3 Å². The van der Waals surface area contributed by atoms with Crippen LogP contribution < -0.4 is 0 Å². The number of esters is 1. The molecule has 0 radical (unpaired) electrons. The molecule has 3 N–H and O–H groups in total. The Balaban J connectivity index is 3.28. The van der Waals surface area contributed by atoms with Crippen molar-refractivity contribution in [3.63, 3.8) is 0 Å². The summed E-state index contributed by atoms with van der Waals surface area (Å²) in [6.07, 6.45) is 0.423. The normalized spacial score (nSPS) is 10.4. The summed E-state index contributed by atoms with van der Waals surface area (Å²) in [6, 6.07) is 0. The number of hydrogen-bond donors (Lipinski definition) is 3. The van der Waals surface area contributed by atoms with E-state index in [-0.39, 0.29) is 31.8 Å². The summed E-state index contributed by atoms with van der Waals surface area (Å²) < 4.78 is 4.79. The van der Waals surface area contributed by atoms with Gasteiger partial charge in [-0.1, -0.05) is 0 Å². The van der Waals surface area contributed by atoms with E-state index in [1.807, 2.05) is 0 Å². The zero-order valence-electron chi connectivity index (χ0n) is 9.09. The van der Waals surface area contributed by atoms with Crippen molar-refractivity contribution in [2.75, 3.05) is 6.61 Å². The highest BCUT2D eigenvalue weighted by molar-refractivity contribution is 5.69. The average molecular weight is 234 g/mol. The minimum atomic E-state index is -1.37. The first kappa shape index (κ1) is 14.9. The number of aliphatic hydroxyl groups excluding tert-OH is 1. The summed E-state index contributed by atoms with van der Waals surface area (Å²) in [7, 11) is 0. The van der Waals surface area contributed by atoms with E-state index in [1.165, 1.54) is 0 Å². The molecule has 16 heavy (non-hydrogen) atoms. The maximum Gasteiger partial charge on any atom is 0.305 e. The number of carbonyl (C=O) groups is 2. The Morgan fingerprint density at radius 1 is 1.06 bits per heavy atom. The molecule has 0 unspecified atom stereocenters. The Kier molecular flexibility index (Phi) is 8.46. The fraction of sp³-hybridized carbons (Fsp3) is 0.800. The largest absolute Gasteiger partial charge is 0.481 e. The monoisotopic (exact) mass is 234 g/mol. The minimum absolute atomic E-state index is 0.0595. The number of aliphatic carboxylic acids is 1. The lowest BCUT2D eigenvalue weighted by Gasteiger charge is -2.05. The minimum Gasteiger partial charge on any atom is -0.481 e. The highest BCUT2D eigenvalue weighted by Gasteiger charge is 2.04. The molecule has 0 aliphatic heterocycles. The van der Waals surface area contributed by atoms with Crippen molar-refractivity contribution >= 4 is 11.9 Å². The molecule has 0 fully saturated rings. The number of carbonyl (C=O) groups excluding carboxylic acids is 1. The van der Waals surface area contributed by atoms with Gasteiger partial charge in [0.05, 0.1) is 6.61 Å². The molecule has 6 nitrogen and oxygen atoms in total. The average Bonchev–Trinajstić information content (AvgIpc) is 2.19. The Bertz CT molecular complexity index is 213. The molecular formula is C10H18O6. The van der Waals surface area contributed by atoms with Gasteiger partial charge in [0.1, 0.15) is 0 Å². The van der Waals surface area contributed by atoms with Crippen molar-refractivity contribution < 1.29 is 29.6 Å². The van der Waals surface area contributed by atoms with Crippen LogP contribution in [0.1, 0.15) is 38.5 Å². The number of ether oxygens (including phenoxy) is 1. The third-order valence-electron chi connectivity index (χ3n) is 1.89. The Morgan fingerprint density at radius 2 is 1.69 bits per heavy atom. The van der Waals surface area contributed by atoms with Crippen LogP contribution in [0.4, 0.5) is 0 Å². The lowest BCUT2D eigenvalue weighted by atomic mass is 10.2. The number of carboxylic acids is 1. The summed E-state index contributed by atoms with van der Waals surface area (Å²) in [5.41, 5.74) is 0. The molecule has 0 aromatic heterocycles. The summed E-state index contributed by atoms with van der Waals surface area (Å²) in [5, 5.41) is 25.3. The van der Waals surface area contributed by atoms with E-state index in [0.29, 0.717) is 19.3 Å². The molecule has 0 bridgehead atoms. The third-order valence-corrected chi connectivity index (χ3v) is 1.89. The van der Waals surface area contributed by atoms with E-state index >= 15 is 0 Å². The SMILES string of the molecule is O=C(O)CCCCC(=O)OCCCC(O)O. The number of rotatable bonds is 9. The summed E-state index contributed by atoms with van der Waals surface area (Å²) in [4.78, 5) is 21.2. The molecule has 0 aromatic carbocycles. The van der Waals surface area contributed by atoms with Gasteiger partial charge in [-0.2, -0.15) is 0 Å². The van der Waals surface area contributed by atoms with Crippen LogP contribution in [0.3, 0.4) is 0 Å². The van der Waals surface area contributed by atoms with Gasteiger partial charge in [-0.3, -0.25) is 9.59 Å². The van der Waals surface area contributed by atoms with Crippen LogP contribution in [0.2, 0.25) is 0 Å². The van der Waals surface area contributed by atoms with E-state index in [2.05, 4.69) is 0 Å². The fourth-order valence-electron chi connectivity index (χ4n) is 1.07. The molecule has 6 heteroatoms. The van der Waals surface area contributed by atoms with Crippen LogP contribution in [0, 0.1) is 0 Å². The summed E-state index contributed by atoms with van der Waals surface area (Å²) in [5.74, 6) is -1.25. The van der Waals surface area contributed by atoms with Gasteiger partial charge in [-0.15, -0.1) is 0 Å². The van der Waals surface area contributed by atoms with E-state index in [4.69, 9.17) is 20.1 Å². The highest BCUT2D eigenvalue weighted by atomic mass is 16.5. The van der Waals surface area contributed by atoms with Crippen molar-refractivity contribution in [2.24, 2.45) is 0 Å². The molecule has 0 aromatic rings. The van der Waals surface area contributed by atoms with Gasteiger partial charge in [0.25, 0.3) is 0 Å². The molecule has 0 aliphatic carbocycles. The summed E-state index contributed by atoms with van der Waals surface area (Å²) >= 11 is 0. The molecule has 94 valence electrons. The van der Waals surface area contributed by atoms with Gasteiger partial charge in [0.15, 0.2) is 6.29 Å². The highest BCUT2D eigenvalue weighted by Crippen LogP contribution is 2.02. The Hall–Kier alpha value is -1.14. The molecule has 0 saturated heterocycles. The first-order valence-electron chi connectivity index (χ1n) is 5.26. The number of carboxylic acid groups (broad SMARTS) is 1. The molecule has 0 rings (SSSR count). The van der Waals surface area contributed by atoms with Gasteiger partial charge in [0.2, 0.25) is 0 Å². The first-order valence-corrected chi connectivity index (χ1v) is 5.26. The second-order valence-corrected chi connectivity index (χ2v) is 3.44. The number of unbranched alkanes of at least 4 members (excludes halogenated alkanes) is 1. The van der Waals surface area contributed by atoms with Gasteiger partial charge < -0.3 is 20.1 Å². The maximum absolute atomic E-state index is 11.0. The van der Waals surface area contributed by atoms with Crippen LogP contribution in [0.5, 0.6) is 0 Å². The van der Waals surface area contributed by atoms with E-state index in [0.717, 1.165) is 0 Å². The molecular weight excluding hydrogens is 216 g/mol. The zero-order chi connectivity index (χ0) is 12.4. The van der Waals surface area contributed by atoms with Gasteiger partial charge in [-0.25, -0.2) is 0 Å². The first-order chi connectivity index (χ1) is 7.52. The van der Waals surface area contributed by atoms with E-state index in [1.54, 1.807) is 0 Å². The summed E-state index contributed by atoms with van der Waals surface area (Å²) in [6.45, 7) is 0.162. The number of aliphatic hydroxyl groups is 2. The predicted molar refractivity (Wildman–Crippen MR) is 54.5 cm³/mol. The van der Waals surface area contributed by atoms with Crippen LogP contribution in [0.25, 0.3) is 0 Å². The lowest BCUT2D eigenvalue weighted by molar-refractivity contribution is -0.145. The van der Waals surface area contributed by atoms with Crippen LogP contribution in [0.15, 0.2) is 0 Å². The lowest BCUT2D eigenvalue weighted by Crippen LogP contribution is -2.09. The molecule has 0 spiro atoms. The Labute approximate surface area is 93.8 Å². The standard InChI is InChI=1S/C10H18O6/c11-8(12)4-1-2-6-10(15)16-7-3-5-9(13)14/h9,13-14H,1-7H2,(H,11,12).